The Balaban J connectivity index is 1.69. The summed E-state index contributed by atoms with van der Waals surface area (Å²) in [5, 5.41) is 12.2. The van der Waals surface area contributed by atoms with Gasteiger partial charge in [-0.3, -0.25) is 4.79 Å². The van der Waals surface area contributed by atoms with Crippen LogP contribution in [0.1, 0.15) is 12.5 Å². The Labute approximate surface area is 163 Å². The summed E-state index contributed by atoms with van der Waals surface area (Å²) < 4.78 is 7.21. The van der Waals surface area contributed by atoms with Crippen molar-refractivity contribution in [2.24, 2.45) is 0 Å². The van der Waals surface area contributed by atoms with Crippen molar-refractivity contribution in [3.05, 3.63) is 54.1 Å². The molecule has 140 valence electrons. The SMILES string of the molecule is CCn1c(SCC(=O)Nc2ccccc2C)nnc1-c1ccc(OC)cc1. The van der Waals surface area contributed by atoms with Gasteiger partial charge in [-0.15, -0.1) is 10.2 Å². The molecule has 0 radical (unpaired) electrons. The first-order valence-corrected chi connectivity index (χ1v) is 9.66. The molecule has 1 aromatic heterocycles. The van der Waals surface area contributed by atoms with E-state index in [0.717, 1.165) is 40.1 Å². The van der Waals surface area contributed by atoms with Gasteiger partial charge in [-0.05, 0) is 49.7 Å². The molecule has 27 heavy (non-hydrogen) atoms. The number of nitrogens with one attached hydrogen (secondary N) is 1. The van der Waals surface area contributed by atoms with Crippen LogP contribution in [-0.2, 0) is 11.3 Å². The van der Waals surface area contributed by atoms with Crippen molar-refractivity contribution in [1.29, 1.82) is 0 Å². The fraction of sp³-hybridized carbons (Fsp3) is 0.250. The van der Waals surface area contributed by atoms with E-state index in [2.05, 4.69) is 15.5 Å². The molecule has 0 atom stereocenters. The number of carbonyl (C=O) groups is 1. The molecule has 0 saturated heterocycles. The van der Waals surface area contributed by atoms with Crippen LogP contribution in [0.25, 0.3) is 11.4 Å². The fourth-order valence-corrected chi connectivity index (χ4v) is 3.47. The van der Waals surface area contributed by atoms with Crippen molar-refractivity contribution < 1.29 is 9.53 Å². The minimum absolute atomic E-state index is 0.0639. The van der Waals surface area contributed by atoms with Crippen LogP contribution in [0, 0.1) is 6.92 Å². The average Bonchev–Trinajstić information content (AvgIpc) is 3.11. The number of amides is 1. The quantitative estimate of drug-likeness (QED) is 0.625. The Morgan fingerprint density at radius 3 is 2.56 bits per heavy atom. The number of aromatic nitrogens is 3. The van der Waals surface area contributed by atoms with Crippen LogP contribution in [-0.4, -0.2) is 33.5 Å². The summed E-state index contributed by atoms with van der Waals surface area (Å²) >= 11 is 1.38. The predicted molar refractivity (Wildman–Crippen MR) is 108 cm³/mol. The molecule has 0 aliphatic carbocycles. The van der Waals surface area contributed by atoms with Crippen LogP contribution in [0.2, 0.25) is 0 Å². The van der Waals surface area contributed by atoms with Crippen molar-refractivity contribution in [1.82, 2.24) is 14.8 Å². The second kappa shape index (κ2) is 8.73. The van der Waals surface area contributed by atoms with Crippen molar-refractivity contribution >= 4 is 23.4 Å². The Morgan fingerprint density at radius 2 is 1.89 bits per heavy atom. The van der Waals surface area contributed by atoms with E-state index >= 15 is 0 Å². The Hall–Kier alpha value is -2.80. The number of rotatable bonds is 7. The molecule has 2 aromatic carbocycles. The molecule has 3 rings (SSSR count). The molecule has 7 heteroatoms. The third-order valence-electron chi connectivity index (χ3n) is 4.13. The van der Waals surface area contributed by atoms with Gasteiger partial charge in [0, 0.05) is 17.8 Å². The number of nitrogens with zero attached hydrogens (tertiary/aromatic N) is 3. The van der Waals surface area contributed by atoms with Gasteiger partial charge in [-0.1, -0.05) is 30.0 Å². The predicted octanol–water partition coefficient (Wildman–Crippen LogP) is 4.01. The normalized spacial score (nSPS) is 10.6. The van der Waals surface area contributed by atoms with E-state index in [4.69, 9.17) is 4.74 Å². The maximum absolute atomic E-state index is 12.3. The molecule has 0 saturated carbocycles. The summed E-state index contributed by atoms with van der Waals surface area (Å²) in [7, 11) is 1.64. The average molecular weight is 382 g/mol. The van der Waals surface area contributed by atoms with Crippen LogP contribution in [0.15, 0.2) is 53.7 Å². The molecule has 3 aromatic rings. The lowest BCUT2D eigenvalue weighted by atomic mass is 10.2. The van der Waals surface area contributed by atoms with E-state index in [1.54, 1.807) is 7.11 Å². The fourth-order valence-electron chi connectivity index (χ4n) is 2.66. The van der Waals surface area contributed by atoms with Gasteiger partial charge < -0.3 is 14.6 Å². The van der Waals surface area contributed by atoms with Crippen LogP contribution < -0.4 is 10.1 Å². The monoisotopic (exact) mass is 382 g/mol. The number of para-hydroxylation sites is 1. The van der Waals surface area contributed by atoms with Crippen LogP contribution in [0.5, 0.6) is 5.75 Å². The van der Waals surface area contributed by atoms with Crippen molar-refractivity contribution in [3.8, 4) is 17.1 Å². The van der Waals surface area contributed by atoms with Crippen molar-refractivity contribution in [3.63, 3.8) is 0 Å². The zero-order valence-corrected chi connectivity index (χ0v) is 16.4. The summed E-state index contributed by atoms with van der Waals surface area (Å²) in [4.78, 5) is 12.3. The first-order valence-electron chi connectivity index (χ1n) is 8.68. The summed E-state index contributed by atoms with van der Waals surface area (Å²) in [5.74, 6) is 1.78. The number of benzene rings is 2. The number of anilines is 1. The van der Waals surface area contributed by atoms with Gasteiger partial charge in [0.05, 0.1) is 12.9 Å². The number of thioether (sulfide) groups is 1. The zero-order valence-electron chi connectivity index (χ0n) is 15.6. The summed E-state index contributed by atoms with van der Waals surface area (Å²) in [6.45, 7) is 4.72. The lowest BCUT2D eigenvalue weighted by molar-refractivity contribution is -0.113. The smallest absolute Gasteiger partial charge is 0.234 e. The molecule has 0 bridgehead atoms. The van der Waals surface area contributed by atoms with Gasteiger partial charge in [0.1, 0.15) is 5.75 Å². The molecule has 0 unspecified atom stereocenters. The third kappa shape index (κ3) is 4.49. The van der Waals surface area contributed by atoms with E-state index in [-0.39, 0.29) is 11.7 Å². The number of aryl methyl sites for hydroxylation is 1. The highest BCUT2D eigenvalue weighted by molar-refractivity contribution is 7.99. The molecule has 0 aliphatic heterocycles. The molecular formula is C20H22N4O2S. The van der Waals surface area contributed by atoms with Crippen LogP contribution in [0.3, 0.4) is 0 Å². The van der Waals surface area contributed by atoms with Gasteiger partial charge in [-0.2, -0.15) is 0 Å². The maximum atomic E-state index is 12.3. The Morgan fingerprint density at radius 1 is 1.15 bits per heavy atom. The summed E-state index contributed by atoms with van der Waals surface area (Å²) in [6, 6.07) is 15.4. The van der Waals surface area contributed by atoms with Crippen molar-refractivity contribution in [2.45, 2.75) is 25.5 Å². The highest BCUT2D eigenvalue weighted by Gasteiger charge is 2.15. The first kappa shape index (κ1) is 19.0. The zero-order chi connectivity index (χ0) is 19.2. The Kier molecular flexibility index (Phi) is 6.13. The standard InChI is InChI=1S/C20H22N4O2S/c1-4-24-19(15-9-11-16(26-3)12-10-15)22-23-20(24)27-13-18(25)21-17-8-6-5-7-14(17)2/h5-12H,4,13H2,1-3H3,(H,21,25). The topological polar surface area (TPSA) is 69.0 Å². The minimum Gasteiger partial charge on any atom is -0.497 e. The number of hydrogen-bond donors (Lipinski definition) is 1. The lowest BCUT2D eigenvalue weighted by Gasteiger charge is -2.09. The Bertz CT molecular complexity index is 922. The van der Waals surface area contributed by atoms with Gasteiger partial charge in [0.25, 0.3) is 0 Å². The van der Waals surface area contributed by atoms with E-state index in [0.29, 0.717) is 0 Å². The molecule has 1 heterocycles. The highest BCUT2D eigenvalue weighted by atomic mass is 32.2. The van der Waals surface area contributed by atoms with E-state index in [9.17, 15) is 4.79 Å². The molecule has 0 aliphatic rings. The van der Waals surface area contributed by atoms with Crippen molar-refractivity contribution in [2.75, 3.05) is 18.2 Å². The second-order valence-electron chi connectivity index (χ2n) is 5.93. The molecular weight excluding hydrogens is 360 g/mol. The summed E-state index contributed by atoms with van der Waals surface area (Å²) in [5.41, 5.74) is 2.83. The summed E-state index contributed by atoms with van der Waals surface area (Å²) in [6.07, 6.45) is 0. The van der Waals surface area contributed by atoms with E-state index < -0.39 is 0 Å². The lowest BCUT2D eigenvalue weighted by Crippen LogP contribution is -2.15. The molecule has 1 N–H and O–H groups in total. The second-order valence-corrected chi connectivity index (χ2v) is 6.87. The van der Waals surface area contributed by atoms with Gasteiger partial charge in [-0.25, -0.2) is 0 Å². The third-order valence-corrected chi connectivity index (χ3v) is 5.10. The van der Waals surface area contributed by atoms with Crippen LogP contribution in [0.4, 0.5) is 5.69 Å². The van der Waals surface area contributed by atoms with Crippen LogP contribution >= 0.6 is 11.8 Å². The minimum atomic E-state index is -0.0639. The first-order chi connectivity index (χ1) is 13.1. The number of hydrogen-bond acceptors (Lipinski definition) is 5. The largest absolute Gasteiger partial charge is 0.497 e. The van der Waals surface area contributed by atoms with Gasteiger partial charge >= 0.3 is 0 Å². The number of ether oxygens (including phenoxy) is 1. The molecule has 6 nitrogen and oxygen atoms in total. The molecule has 0 spiro atoms. The molecule has 0 fully saturated rings. The van der Waals surface area contributed by atoms with Gasteiger partial charge in [0.2, 0.25) is 5.91 Å². The number of methoxy groups -OCH3 is 1. The molecule has 1 amide bonds. The van der Waals surface area contributed by atoms with Gasteiger partial charge in [0.15, 0.2) is 11.0 Å². The van der Waals surface area contributed by atoms with E-state index in [1.165, 1.54) is 11.8 Å². The highest BCUT2D eigenvalue weighted by Crippen LogP contribution is 2.25. The maximum Gasteiger partial charge on any atom is 0.234 e. The number of carbonyl (C=O) groups excluding carboxylic acids is 1. The van der Waals surface area contributed by atoms with E-state index in [1.807, 2.05) is 66.9 Å².